The first-order valence-corrected chi connectivity index (χ1v) is 1.49. The fourth-order valence-electron chi connectivity index (χ4n) is 0. The van der Waals surface area contributed by atoms with Gasteiger partial charge in [-0.1, -0.05) is 6.08 Å². The van der Waals surface area contributed by atoms with Crippen molar-refractivity contribution in [1.29, 1.82) is 0 Å². The summed E-state index contributed by atoms with van der Waals surface area (Å²) in [6, 6.07) is 0. The van der Waals surface area contributed by atoms with Crippen molar-refractivity contribution in [3.8, 4) is 0 Å². The fourth-order valence-corrected chi connectivity index (χ4v) is 0. The molecule has 0 aromatic heterocycles. The molecule has 0 aliphatic heterocycles. The predicted molar refractivity (Wildman–Crippen MR) is 32.1 cm³/mol. The van der Waals surface area contributed by atoms with E-state index in [1.807, 2.05) is 6.92 Å². The standard InChI is InChI=1S/C3H6.C2H4.2FH/c1-3-2;1-2;;/h3H,1H2,2H3;1-2H2;2*1H. The quantitative estimate of drug-likeness (QED) is 0.420. The van der Waals surface area contributed by atoms with Gasteiger partial charge in [-0.2, -0.15) is 0 Å². The summed E-state index contributed by atoms with van der Waals surface area (Å²) in [5.74, 6) is 0. The van der Waals surface area contributed by atoms with E-state index in [0.29, 0.717) is 0 Å². The monoisotopic (exact) mass is 110 g/mol. The summed E-state index contributed by atoms with van der Waals surface area (Å²) in [5, 5.41) is 0. The van der Waals surface area contributed by atoms with Crippen molar-refractivity contribution >= 4 is 0 Å². The lowest BCUT2D eigenvalue weighted by Crippen LogP contribution is -1.07. The Morgan fingerprint density at radius 3 is 1.14 bits per heavy atom. The van der Waals surface area contributed by atoms with Crippen LogP contribution in [0.3, 0.4) is 0 Å². The van der Waals surface area contributed by atoms with Crippen LogP contribution in [0.1, 0.15) is 6.92 Å². The maximum Gasteiger partial charge on any atom is -0.0473 e. The molecule has 0 atom stereocenters. The molecule has 0 unspecified atom stereocenters. The van der Waals surface area contributed by atoms with Crippen LogP contribution in [0.15, 0.2) is 25.8 Å². The molecule has 0 rings (SSSR count). The second-order valence-electron chi connectivity index (χ2n) is 0.408. The Labute approximate surface area is 43.3 Å². The topological polar surface area (TPSA) is 0 Å². The molecular weight excluding hydrogens is 98.1 g/mol. The van der Waals surface area contributed by atoms with E-state index < -0.39 is 0 Å². The van der Waals surface area contributed by atoms with Crippen LogP contribution >= 0.6 is 0 Å². The molecule has 2 heteroatoms. The molecule has 0 amide bonds. The third kappa shape index (κ3) is 137. The highest BCUT2D eigenvalue weighted by atomic mass is 19.0. The highest BCUT2D eigenvalue weighted by Crippen LogP contribution is 1.38. The van der Waals surface area contributed by atoms with Gasteiger partial charge in [0.2, 0.25) is 0 Å². The molecule has 0 nitrogen and oxygen atoms in total. The molecule has 0 saturated heterocycles. The average molecular weight is 110 g/mol. The zero-order valence-corrected chi connectivity index (χ0v) is 4.52. The lowest BCUT2D eigenvalue weighted by molar-refractivity contribution is 1.11. The molecule has 0 aliphatic rings. The lowest BCUT2D eigenvalue weighted by Gasteiger charge is -1.31. The molecule has 0 aromatic rings. The number of rotatable bonds is 0. The largest absolute Gasteiger partial charge is 0.269 e. The van der Waals surface area contributed by atoms with Crippen LogP contribution in [0.25, 0.3) is 0 Å². The van der Waals surface area contributed by atoms with Gasteiger partial charge in [0, 0.05) is 0 Å². The summed E-state index contributed by atoms with van der Waals surface area (Å²) < 4.78 is 0. The van der Waals surface area contributed by atoms with Gasteiger partial charge in [0.25, 0.3) is 0 Å². The second kappa shape index (κ2) is 870. The van der Waals surface area contributed by atoms with E-state index in [1.54, 1.807) is 6.08 Å². The van der Waals surface area contributed by atoms with Gasteiger partial charge in [-0.3, -0.25) is 9.41 Å². The van der Waals surface area contributed by atoms with Crippen LogP contribution < -0.4 is 0 Å². The van der Waals surface area contributed by atoms with E-state index in [4.69, 9.17) is 0 Å². The van der Waals surface area contributed by atoms with E-state index in [-0.39, 0.29) is 9.41 Å². The van der Waals surface area contributed by atoms with Crippen LogP contribution in [-0.2, 0) is 0 Å². The molecule has 0 spiro atoms. The number of hydrogen-bond donors (Lipinski definition) is 0. The van der Waals surface area contributed by atoms with E-state index in [0.717, 1.165) is 0 Å². The van der Waals surface area contributed by atoms with Crippen molar-refractivity contribution in [1.82, 2.24) is 0 Å². The summed E-state index contributed by atoms with van der Waals surface area (Å²) in [4.78, 5) is 0. The van der Waals surface area contributed by atoms with Crippen molar-refractivity contribution in [3.05, 3.63) is 25.8 Å². The molecule has 46 valence electrons. The van der Waals surface area contributed by atoms with Crippen LogP contribution in [0, 0.1) is 0 Å². The smallest absolute Gasteiger partial charge is 0.0473 e. The van der Waals surface area contributed by atoms with E-state index in [2.05, 4.69) is 19.7 Å². The maximum absolute atomic E-state index is 3.36. The molecule has 0 radical (unpaired) electrons. The van der Waals surface area contributed by atoms with Gasteiger partial charge in [-0.15, -0.1) is 19.7 Å². The third-order valence-corrected chi connectivity index (χ3v) is 0. The molecular formula is C5H12F2. The van der Waals surface area contributed by atoms with E-state index in [9.17, 15) is 0 Å². The van der Waals surface area contributed by atoms with Crippen molar-refractivity contribution in [2.45, 2.75) is 6.92 Å². The van der Waals surface area contributed by atoms with Gasteiger partial charge in [0.1, 0.15) is 0 Å². The van der Waals surface area contributed by atoms with Gasteiger partial charge in [0.15, 0.2) is 0 Å². The van der Waals surface area contributed by atoms with Gasteiger partial charge in [-0.25, -0.2) is 0 Å². The molecule has 0 aliphatic carbocycles. The van der Waals surface area contributed by atoms with Crippen molar-refractivity contribution < 1.29 is 9.41 Å². The van der Waals surface area contributed by atoms with Gasteiger partial charge in [0.05, 0.1) is 0 Å². The highest BCUT2D eigenvalue weighted by Gasteiger charge is 1.15. The first-order chi connectivity index (χ1) is 2.41. The minimum atomic E-state index is 0. The highest BCUT2D eigenvalue weighted by molar-refractivity contribution is 4.51. The molecule has 0 saturated carbocycles. The normalized spacial score (nSPS) is 2.43. The second-order valence-corrected chi connectivity index (χ2v) is 0.408. The van der Waals surface area contributed by atoms with Crippen molar-refractivity contribution in [2.75, 3.05) is 0 Å². The van der Waals surface area contributed by atoms with Gasteiger partial charge in [-0.05, 0) is 6.92 Å². The molecule has 0 N–H and O–H groups in total. The Hall–Kier alpha value is -0.660. The Bertz CT molecular complexity index is 20.0. The SMILES string of the molecule is C=C.C=CC.F.F. The van der Waals surface area contributed by atoms with Crippen LogP contribution in [-0.4, -0.2) is 0 Å². The first-order valence-electron chi connectivity index (χ1n) is 1.49. The minimum absolute atomic E-state index is 0. The van der Waals surface area contributed by atoms with Crippen molar-refractivity contribution in [2.24, 2.45) is 0 Å². The molecule has 0 aromatic carbocycles. The Kier molecular flexibility index (Phi) is 4100. The predicted octanol–water partition coefficient (Wildman–Crippen LogP) is 2.30. The molecule has 0 fully saturated rings. The van der Waals surface area contributed by atoms with E-state index in [1.165, 1.54) is 0 Å². The Morgan fingerprint density at radius 1 is 1.14 bits per heavy atom. The lowest BCUT2D eigenvalue weighted by atomic mass is 10.8. The van der Waals surface area contributed by atoms with Crippen LogP contribution in [0.5, 0.6) is 0 Å². The summed E-state index contributed by atoms with van der Waals surface area (Å²) in [5.41, 5.74) is 0. The fraction of sp³-hybridized carbons (Fsp3) is 0.200. The third-order valence-electron chi connectivity index (χ3n) is 0. The number of hydrogen-bond acceptors (Lipinski definition) is 0. The molecule has 0 heterocycles. The van der Waals surface area contributed by atoms with Crippen molar-refractivity contribution in [3.63, 3.8) is 0 Å². The average Bonchev–Trinajstić information content (AvgIpc) is 1.46. The van der Waals surface area contributed by atoms with Gasteiger partial charge >= 0.3 is 0 Å². The Balaban J connectivity index is -0.0000000105. The Morgan fingerprint density at radius 2 is 1.14 bits per heavy atom. The minimum Gasteiger partial charge on any atom is -0.269 e. The van der Waals surface area contributed by atoms with Crippen LogP contribution in [0.4, 0.5) is 9.41 Å². The summed E-state index contributed by atoms with van der Waals surface area (Å²) in [6.45, 7) is 11.2. The summed E-state index contributed by atoms with van der Waals surface area (Å²) in [7, 11) is 0. The molecule has 0 bridgehead atoms. The van der Waals surface area contributed by atoms with Gasteiger partial charge < -0.3 is 0 Å². The molecule has 7 heavy (non-hydrogen) atoms. The summed E-state index contributed by atoms with van der Waals surface area (Å²) >= 11 is 0. The zero-order chi connectivity index (χ0) is 4.71. The van der Waals surface area contributed by atoms with E-state index >= 15 is 0 Å². The zero-order valence-electron chi connectivity index (χ0n) is 4.52. The number of halogens is 2. The number of allylic oxidation sites excluding steroid dienone is 1. The van der Waals surface area contributed by atoms with Crippen LogP contribution in [0.2, 0.25) is 0 Å². The maximum atomic E-state index is 3.36. The summed E-state index contributed by atoms with van der Waals surface area (Å²) in [6.07, 6.45) is 1.75. The first kappa shape index (κ1) is 33.0.